The van der Waals surface area contributed by atoms with Crippen LogP contribution in [0.4, 0.5) is 0 Å². The van der Waals surface area contributed by atoms with Crippen molar-refractivity contribution in [3.05, 3.63) is 169 Å². The van der Waals surface area contributed by atoms with Gasteiger partial charge in [0.15, 0.2) is 0 Å². The highest BCUT2D eigenvalue weighted by Gasteiger charge is 2.15. The van der Waals surface area contributed by atoms with E-state index in [4.69, 9.17) is 0 Å². The third-order valence-electron chi connectivity index (χ3n) is 10.9. The molecule has 2 heteroatoms. The lowest BCUT2D eigenvalue weighted by atomic mass is 10.00. The first kappa shape index (κ1) is 32.1. The number of benzene rings is 7. The third kappa shape index (κ3) is 5.69. The molecule has 9 aromatic rings. The second kappa shape index (κ2) is 13.7. The van der Waals surface area contributed by atoms with Gasteiger partial charge >= 0.3 is 0 Å². The number of rotatable bonds is 10. The van der Waals surface area contributed by atoms with E-state index < -0.39 is 0 Å². The van der Waals surface area contributed by atoms with Gasteiger partial charge in [0.1, 0.15) is 0 Å². The van der Waals surface area contributed by atoms with E-state index in [0.29, 0.717) is 0 Å². The molecule has 0 aliphatic carbocycles. The predicted octanol–water partition coefficient (Wildman–Crippen LogP) is 13.9. The second-order valence-electron chi connectivity index (χ2n) is 14.3. The van der Waals surface area contributed by atoms with Crippen molar-refractivity contribution in [2.45, 2.75) is 52.4 Å². The minimum Gasteiger partial charge on any atom is -0.309 e. The molecule has 0 radical (unpaired) electrons. The Morgan fingerprint density at radius 2 is 0.692 bits per heavy atom. The van der Waals surface area contributed by atoms with Crippen LogP contribution in [-0.4, -0.2) is 9.13 Å². The number of aromatic nitrogens is 2. The average molecular weight is 673 g/mol. The lowest BCUT2D eigenvalue weighted by molar-refractivity contribution is 0.796. The molecule has 2 aromatic heterocycles. The first-order chi connectivity index (χ1) is 25.7. The summed E-state index contributed by atoms with van der Waals surface area (Å²) in [4.78, 5) is 0. The maximum atomic E-state index is 2.41. The topological polar surface area (TPSA) is 9.86 Å². The SMILES string of the molecule is CCCCc1ccc2c(c1)c1ccccc1n2-c1ccc(-c2ccc(-c3ccc(-n4c5ccccc5c5cc(CCCC)ccc54)cc3)cc2)cc1. The molecule has 0 saturated heterocycles. The Labute approximate surface area is 306 Å². The highest BCUT2D eigenvalue weighted by atomic mass is 15.0. The fraction of sp³-hybridized carbons (Fsp3) is 0.160. The first-order valence-electron chi connectivity index (χ1n) is 19.1. The van der Waals surface area contributed by atoms with Crippen molar-refractivity contribution in [1.29, 1.82) is 0 Å². The monoisotopic (exact) mass is 672 g/mol. The number of aryl methyl sites for hydroxylation is 2. The van der Waals surface area contributed by atoms with Crippen molar-refractivity contribution >= 4 is 43.6 Å². The van der Waals surface area contributed by atoms with Crippen LogP contribution in [0.5, 0.6) is 0 Å². The molecule has 2 heterocycles. The Hall–Kier alpha value is -5.86. The summed E-state index contributed by atoms with van der Waals surface area (Å²) >= 11 is 0. The molecule has 52 heavy (non-hydrogen) atoms. The van der Waals surface area contributed by atoms with Crippen LogP contribution in [0.15, 0.2) is 158 Å². The Bertz CT molecular complexity index is 2480. The van der Waals surface area contributed by atoms with Crippen LogP contribution in [0.2, 0.25) is 0 Å². The highest BCUT2D eigenvalue weighted by Crippen LogP contribution is 2.36. The van der Waals surface area contributed by atoms with Gasteiger partial charge in [-0.3, -0.25) is 0 Å². The summed E-state index contributed by atoms with van der Waals surface area (Å²) in [6.45, 7) is 4.52. The van der Waals surface area contributed by atoms with Gasteiger partial charge in [-0.05, 0) is 120 Å². The minimum atomic E-state index is 1.13. The predicted molar refractivity (Wildman–Crippen MR) is 223 cm³/mol. The molecule has 0 fully saturated rings. The molecule has 0 atom stereocenters. The zero-order valence-electron chi connectivity index (χ0n) is 30.1. The van der Waals surface area contributed by atoms with Crippen molar-refractivity contribution in [1.82, 2.24) is 9.13 Å². The summed E-state index contributed by atoms with van der Waals surface area (Å²) in [7, 11) is 0. The zero-order chi connectivity index (χ0) is 35.0. The molecule has 0 unspecified atom stereocenters. The van der Waals surface area contributed by atoms with E-state index in [-0.39, 0.29) is 0 Å². The fourth-order valence-electron chi connectivity index (χ4n) is 8.13. The van der Waals surface area contributed by atoms with E-state index in [1.165, 1.54) is 114 Å². The van der Waals surface area contributed by atoms with Crippen LogP contribution < -0.4 is 0 Å². The molecular formula is C50H44N2. The molecule has 0 aliphatic heterocycles. The Balaban J connectivity index is 0.985. The molecule has 0 bridgehead atoms. The van der Waals surface area contributed by atoms with Gasteiger partial charge in [0.25, 0.3) is 0 Å². The van der Waals surface area contributed by atoms with E-state index in [1.54, 1.807) is 0 Å². The van der Waals surface area contributed by atoms with Gasteiger partial charge < -0.3 is 9.13 Å². The summed E-state index contributed by atoms with van der Waals surface area (Å²) in [5.74, 6) is 0. The number of para-hydroxylation sites is 2. The summed E-state index contributed by atoms with van der Waals surface area (Å²) in [6.07, 6.45) is 7.14. The molecule has 9 rings (SSSR count). The van der Waals surface area contributed by atoms with Gasteiger partial charge in [-0.2, -0.15) is 0 Å². The van der Waals surface area contributed by atoms with Crippen molar-refractivity contribution in [3.8, 4) is 33.6 Å². The standard InChI is InChI=1S/C50H44N2/c1-3-5-11-35-17-31-49-45(33-35)43-13-7-9-15-47(43)51(49)41-27-23-39(24-28-41)37-19-21-38(22-20-37)40-25-29-42(30-26-40)52-48-16-10-8-14-44(48)46-34-36(12-6-4-2)18-32-50(46)52/h7-10,13-34H,3-6,11-12H2,1-2H3. The van der Waals surface area contributed by atoms with Crippen LogP contribution in [0.25, 0.3) is 77.2 Å². The Morgan fingerprint density at radius 3 is 1.08 bits per heavy atom. The summed E-state index contributed by atoms with van der Waals surface area (Å²) in [5.41, 5.74) is 15.1. The molecular weight excluding hydrogens is 629 g/mol. The summed E-state index contributed by atoms with van der Waals surface area (Å²) in [5, 5.41) is 5.30. The molecule has 2 nitrogen and oxygen atoms in total. The van der Waals surface area contributed by atoms with Gasteiger partial charge in [0, 0.05) is 32.9 Å². The van der Waals surface area contributed by atoms with E-state index in [1.807, 2.05) is 0 Å². The van der Waals surface area contributed by atoms with Crippen LogP contribution in [0, 0.1) is 0 Å². The highest BCUT2D eigenvalue weighted by molar-refractivity contribution is 6.10. The Kier molecular flexibility index (Phi) is 8.45. The number of fused-ring (bicyclic) bond motifs is 6. The largest absolute Gasteiger partial charge is 0.309 e. The average Bonchev–Trinajstić information content (AvgIpc) is 3.72. The van der Waals surface area contributed by atoms with Gasteiger partial charge in [0.05, 0.1) is 22.1 Å². The van der Waals surface area contributed by atoms with Gasteiger partial charge in [-0.1, -0.05) is 124 Å². The smallest absolute Gasteiger partial charge is 0.0541 e. The molecule has 7 aromatic carbocycles. The Morgan fingerprint density at radius 1 is 0.346 bits per heavy atom. The zero-order valence-corrected chi connectivity index (χ0v) is 30.1. The van der Waals surface area contributed by atoms with Crippen LogP contribution >= 0.6 is 0 Å². The molecule has 0 spiro atoms. The van der Waals surface area contributed by atoms with Gasteiger partial charge in [-0.15, -0.1) is 0 Å². The first-order valence-corrected chi connectivity index (χ1v) is 19.1. The maximum absolute atomic E-state index is 2.41. The lowest BCUT2D eigenvalue weighted by Gasteiger charge is -2.11. The van der Waals surface area contributed by atoms with Crippen LogP contribution in [-0.2, 0) is 12.8 Å². The van der Waals surface area contributed by atoms with Crippen LogP contribution in [0.1, 0.15) is 50.7 Å². The lowest BCUT2D eigenvalue weighted by Crippen LogP contribution is -1.94. The fourth-order valence-corrected chi connectivity index (χ4v) is 8.13. The van der Waals surface area contributed by atoms with Crippen molar-refractivity contribution < 1.29 is 0 Å². The quantitative estimate of drug-likeness (QED) is 0.137. The van der Waals surface area contributed by atoms with Gasteiger partial charge in [-0.25, -0.2) is 0 Å². The van der Waals surface area contributed by atoms with Crippen molar-refractivity contribution in [3.63, 3.8) is 0 Å². The number of nitrogens with zero attached hydrogens (tertiary/aromatic N) is 2. The number of hydrogen-bond donors (Lipinski definition) is 0. The van der Waals surface area contributed by atoms with E-state index in [2.05, 4.69) is 181 Å². The molecule has 254 valence electrons. The van der Waals surface area contributed by atoms with E-state index >= 15 is 0 Å². The molecule has 0 amide bonds. The van der Waals surface area contributed by atoms with Gasteiger partial charge in [0.2, 0.25) is 0 Å². The second-order valence-corrected chi connectivity index (χ2v) is 14.3. The number of unbranched alkanes of at least 4 members (excludes halogenated alkanes) is 2. The van der Waals surface area contributed by atoms with Crippen molar-refractivity contribution in [2.24, 2.45) is 0 Å². The van der Waals surface area contributed by atoms with Crippen LogP contribution in [0.3, 0.4) is 0 Å². The normalized spacial score (nSPS) is 11.7. The minimum absolute atomic E-state index is 1.13. The maximum Gasteiger partial charge on any atom is 0.0541 e. The molecule has 0 aliphatic rings. The molecule has 0 N–H and O–H groups in total. The number of hydrogen-bond acceptors (Lipinski definition) is 0. The summed E-state index contributed by atoms with van der Waals surface area (Å²) in [6, 6.07) is 58.7. The summed E-state index contributed by atoms with van der Waals surface area (Å²) < 4.78 is 4.82. The third-order valence-corrected chi connectivity index (χ3v) is 10.9. The van der Waals surface area contributed by atoms with Crippen molar-refractivity contribution in [2.75, 3.05) is 0 Å². The van der Waals surface area contributed by atoms with E-state index in [9.17, 15) is 0 Å². The van der Waals surface area contributed by atoms with E-state index in [0.717, 1.165) is 12.8 Å². The molecule has 0 saturated carbocycles.